The summed E-state index contributed by atoms with van der Waals surface area (Å²) < 4.78 is 7.94. The van der Waals surface area contributed by atoms with Crippen molar-refractivity contribution in [1.29, 1.82) is 0 Å². The molecular weight excluding hydrogens is 267 g/mol. The lowest BCUT2D eigenvalue weighted by Gasteiger charge is -2.05. The smallest absolute Gasteiger partial charge is 0.261 e. The molecule has 3 nitrogen and oxygen atoms in total. The highest BCUT2D eigenvalue weighted by Gasteiger charge is 2.03. The number of hydrogen-bond acceptors (Lipinski definition) is 3. The number of hydrogen-bond donors (Lipinski definition) is 0. The van der Waals surface area contributed by atoms with Crippen molar-refractivity contribution in [3.05, 3.63) is 48.3 Å². The fourth-order valence-electron chi connectivity index (χ4n) is 2.28. The van der Waals surface area contributed by atoms with E-state index in [1.54, 1.807) is 0 Å². The van der Waals surface area contributed by atoms with E-state index >= 15 is 0 Å². The van der Waals surface area contributed by atoms with E-state index in [-0.39, 0.29) is 0 Å². The number of rotatable bonds is 3. The van der Waals surface area contributed by atoms with Crippen molar-refractivity contribution < 1.29 is 4.57 Å². The molecule has 0 fully saturated rings. The van der Waals surface area contributed by atoms with Crippen LogP contribution in [0.25, 0.3) is 21.8 Å². The number of aromatic nitrogens is 2. The fourth-order valence-corrected chi connectivity index (χ4v) is 2.28. The van der Waals surface area contributed by atoms with Crippen LogP contribution in [0.5, 0.6) is 0 Å². The third-order valence-corrected chi connectivity index (χ3v) is 3.29. The SMILES string of the molecule is CCCCc1ccc2ccc3ncccc3c2n1.O=[P]. The summed E-state index contributed by atoms with van der Waals surface area (Å²) in [7, 11) is 2.28. The zero-order valence-corrected chi connectivity index (χ0v) is 12.3. The topological polar surface area (TPSA) is 42.9 Å². The summed E-state index contributed by atoms with van der Waals surface area (Å²) in [6.07, 6.45) is 5.29. The Labute approximate surface area is 120 Å². The molecule has 101 valence electrons. The van der Waals surface area contributed by atoms with Crippen molar-refractivity contribution in [2.45, 2.75) is 26.2 Å². The maximum atomic E-state index is 7.94. The summed E-state index contributed by atoms with van der Waals surface area (Å²) >= 11 is 0. The minimum absolute atomic E-state index is 1.02. The monoisotopic (exact) mass is 283 g/mol. The maximum Gasteiger partial charge on any atom is 0.261 e. The van der Waals surface area contributed by atoms with Crippen LogP contribution in [0, 0.1) is 0 Å². The van der Waals surface area contributed by atoms with Crippen LogP contribution in [-0.4, -0.2) is 9.97 Å². The molecular formula is C16H16N2OP. The second-order valence-corrected chi connectivity index (χ2v) is 4.61. The summed E-state index contributed by atoms with van der Waals surface area (Å²) in [5.74, 6) is 0. The molecule has 3 aromatic rings. The van der Waals surface area contributed by atoms with Crippen molar-refractivity contribution in [2.24, 2.45) is 0 Å². The number of benzene rings is 1. The Balaban J connectivity index is 0.000000704. The summed E-state index contributed by atoms with van der Waals surface area (Å²) in [5, 5.41) is 2.34. The van der Waals surface area contributed by atoms with Crippen molar-refractivity contribution >= 4 is 30.9 Å². The molecule has 0 N–H and O–H groups in total. The minimum Gasteiger partial charge on any atom is -0.261 e. The Bertz CT molecular complexity index is 715. The van der Waals surface area contributed by atoms with Gasteiger partial charge in [0.05, 0.1) is 11.0 Å². The Hall–Kier alpha value is -1.86. The normalized spacial score (nSPS) is 10.2. The molecule has 0 aliphatic carbocycles. The van der Waals surface area contributed by atoms with Gasteiger partial charge in [0.25, 0.3) is 9.12 Å². The molecule has 0 atom stereocenters. The van der Waals surface area contributed by atoms with Crippen molar-refractivity contribution in [2.75, 3.05) is 0 Å². The van der Waals surface area contributed by atoms with Crippen LogP contribution in [0.15, 0.2) is 42.6 Å². The molecule has 0 saturated heterocycles. The van der Waals surface area contributed by atoms with Gasteiger partial charge in [0.1, 0.15) is 0 Å². The van der Waals surface area contributed by atoms with E-state index in [4.69, 9.17) is 9.55 Å². The predicted molar refractivity (Wildman–Crippen MR) is 83.3 cm³/mol. The fraction of sp³-hybridized carbons (Fsp3) is 0.250. The van der Waals surface area contributed by atoms with Gasteiger partial charge in [0.15, 0.2) is 0 Å². The molecule has 0 unspecified atom stereocenters. The molecule has 0 aliphatic rings. The Morgan fingerprint density at radius 3 is 2.70 bits per heavy atom. The number of nitrogens with zero attached hydrogens (tertiary/aromatic N) is 2. The van der Waals surface area contributed by atoms with Gasteiger partial charge in [-0.15, -0.1) is 0 Å². The zero-order valence-electron chi connectivity index (χ0n) is 11.4. The van der Waals surface area contributed by atoms with E-state index in [0.717, 1.165) is 22.8 Å². The Morgan fingerprint density at radius 2 is 1.90 bits per heavy atom. The Morgan fingerprint density at radius 1 is 1.10 bits per heavy atom. The minimum atomic E-state index is 1.02. The van der Waals surface area contributed by atoms with Crippen LogP contribution in [0.4, 0.5) is 0 Å². The summed E-state index contributed by atoms with van der Waals surface area (Å²) in [6.45, 7) is 2.21. The highest BCUT2D eigenvalue weighted by molar-refractivity contribution is 7.00. The van der Waals surface area contributed by atoms with Gasteiger partial charge >= 0.3 is 0 Å². The number of unbranched alkanes of at least 4 members (excludes halogenated alkanes) is 1. The third-order valence-electron chi connectivity index (χ3n) is 3.29. The summed E-state index contributed by atoms with van der Waals surface area (Å²) in [4.78, 5) is 9.18. The predicted octanol–water partition coefficient (Wildman–Crippen LogP) is 4.87. The van der Waals surface area contributed by atoms with Gasteiger partial charge in [-0.1, -0.05) is 25.5 Å². The van der Waals surface area contributed by atoms with Gasteiger partial charge < -0.3 is 0 Å². The first-order valence-electron chi connectivity index (χ1n) is 6.70. The largest absolute Gasteiger partial charge is 0.261 e. The van der Waals surface area contributed by atoms with Gasteiger partial charge in [-0.3, -0.25) is 14.5 Å². The average Bonchev–Trinajstić information content (AvgIpc) is 2.54. The van der Waals surface area contributed by atoms with Gasteiger partial charge in [-0.25, -0.2) is 0 Å². The summed E-state index contributed by atoms with van der Waals surface area (Å²) in [6, 6.07) is 12.5. The van der Waals surface area contributed by atoms with E-state index in [1.807, 2.05) is 12.3 Å². The summed E-state index contributed by atoms with van der Waals surface area (Å²) in [5.41, 5.74) is 3.28. The first-order chi connectivity index (χ1) is 9.88. The molecule has 0 amide bonds. The highest BCUT2D eigenvalue weighted by Crippen LogP contribution is 2.22. The van der Waals surface area contributed by atoms with Gasteiger partial charge in [-0.05, 0) is 37.1 Å². The highest BCUT2D eigenvalue weighted by atomic mass is 31.0. The van der Waals surface area contributed by atoms with E-state index in [1.165, 1.54) is 23.9 Å². The molecule has 0 spiro atoms. The first kappa shape index (κ1) is 14.5. The van der Waals surface area contributed by atoms with E-state index < -0.39 is 0 Å². The van der Waals surface area contributed by atoms with Crippen LogP contribution >= 0.6 is 9.12 Å². The van der Waals surface area contributed by atoms with E-state index in [0.29, 0.717) is 0 Å². The average molecular weight is 283 g/mol. The van der Waals surface area contributed by atoms with Gasteiger partial charge in [0, 0.05) is 22.7 Å². The molecule has 0 aliphatic heterocycles. The molecule has 1 radical (unpaired) electrons. The van der Waals surface area contributed by atoms with Crippen LogP contribution in [-0.2, 0) is 11.0 Å². The second-order valence-electron chi connectivity index (χ2n) is 4.61. The Kier molecular flexibility index (Phi) is 5.14. The van der Waals surface area contributed by atoms with Crippen molar-refractivity contribution in [1.82, 2.24) is 9.97 Å². The molecule has 3 rings (SSSR count). The standard InChI is InChI=1S/C16H16N2.OP/c1-2-3-5-13-9-7-12-8-10-15-14(16(12)18-13)6-4-11-17-15;1-2/h4,6-11H,2-3,5H2,1H3;. The quantitative estimate of drug-likeness (QED) is 0.509. The number of aryl methyl sites for hydroxylation is 1. The lowest BCUT2D eigenvalue weighted by Crippen LogP contribution is -1.91. The second kappa shape index (κ2) is 7.06. The van der Waals surface area contributed by atoms with Crippen LogP contribution in [0.3, 0.4) is 0 Å². The van der Waals surface area contributed by atoms with E-state index in [9.17, 15) is 0 Å². The molecule has 0 saturated carbocycles. The number of fused-ring (bicyclic) bond motifs is 3. The van der Waals surface area contributed by atoms with Gasteiger partial charge in [-0.2, -0.15) is 0 Å². The lowest BCUT2D eigenvalue weighted by molar-refractivity contribution is 0.607. The van der Waals surface area contributed by atoms with Crippen molar-refractivity contribution in [3.8, 4) is 0 Å². The van der Waals surface area contributed by atoms with E-state index in [2.05, 4.69) is 51.4 Å². The molecule has 0 bridgehead atoms. The van der Waals surface area contributed by atoms with Gasteiger partial charge in [0.2, 0.25) is 0 Å². The zero-order chi connectivity index (χ0) is 14.4. The molecule has 4 heteroatoms. The molecule has 2 heterocycles. The third kappa shape index (κ3) is 3.00. The van der Waals surface area contributed by atoms with Crippen LogP contribution in [0.1, 0.15) is 25.5 Å². The lowest BCUT2D eigenvalue weighted by atomic mass is 10.1. The van der Waals surface area contributed by atoms with Crippen LogP contribution < -0.4 is 0 Å². The van der Waals surface area contributed by atoms with Crippen molar-refractivity contribution in [3.63, 3.8) is 0 Å². The number of pyridine rings is 2. The maximum absolute atomic E-state index is 7.94. The molecule has 2 aromatic heterocycles. The van der Waals surface area contributed by atoms with Crippen LogP contribution in [0.2, 0.25) is 0 Å². The molecule has 20 heavy (non-hydrogen) atoms. The first-order valence-corrected chi connectivity index (χ1v) is 7.06. The molecule has 1 aromatic carbocycles.